The van der Waals surface area contributed by atoms with E-state index in [1.807, 2.05) is 6.07 Å². The molecule has 0 aromatic heterocycles. The largest absolute Gasteiger partial charge is 0.180 e. The fourth-order valence-electron chi connectivity index (χ4n) is 1.59. The molecule has 1 aliphatic rings. The molecule has 0 bridgehead atoms. The minimum atomic E-state index is 1.25. The summed E-state index contributed by atoms with van der Waals surface area (Å²) in [5.74, 6) is 0. The maximum Gasteiger partial charge on any atom is -0.0507 e. The van der Waals surface area contributed by atoms with Crippen LogP contribution in [0.25, 0.3) is 0 Å². The van der Waals surface area contributed by atoms with Gasteiger partial charge in [0, 0.05) is 0 Å². The predicted molar refractivity (Wildman–Crippen MR) is 41.9 cm³/mol. The van der Waals surface area contributed by atoms with Crippen molar-refractivity contribution in [3.05, 3.63) is 35.4 Å². The van der Waals surface area contributed by atoms with E-state index in [1.54, 1.807) is 0 Å². The Kier molecular flexibility index (Phi) is 1.46. The molecule has 0 saturated heterocycles. The standard InChI is InChI=1S/C10H11/c1-2-6-10-8-4-3-7-9(10)5-1/h1-2,5H,3-4,7-8H2/q-1. The third-order valence-corrected chi connectivity index (χ3v) is 2.16. The van der Waals surface area contributed by atoms with Gasteiger partial charge in [0.15, 0.2) is 0 Å². The molecule has 0 unspecified atom stereocenters. The highest BCUT2D eigenvalue weighted by atomic mass is 14.1. The third-order valence-electron chi connectivity index (χ3n) is 2.16. The number of hydrogen-bond donors (Lipinski definition) is 0. The zero-order chi connectivity index (χ0) is 6.81. The van der Waals surface area contributed by atoms with E-state index in [4.69, 9.17) is 0 Å². The van der Waals surface area contributed by atoms with Crippen molar-refractivity contribution in [2.45, 2.75) is 25.7 Å². The fourth-order valence-corrected chi connectivity index (χ4v) is 1.59. The molecule has 1 aromatic carbocycles. The number of hydrogen-bond acceptors (Lipinski definition) is 0. The Bertz CT molecular complexity index is 200. The molecule has 1 aliphatic carbocycles. The molecule has 52 valence electrons. The van der Waals surface area contributed by atoms with Crippen molar-refractivity contribution in [1.82, 2.24) is 0 Å². The number of rotatable bonds is 0. The zero-order valence-corrected chi connectivity index (χ0v) is 6.06. The number of fused-ring (bicyclic) bond motifs is 1. The minimum absolute atomic E-state index is 1.25. The van der Waals surface area contributed by atoms with Crippen LogP contribution in [-0.2, 0) is 12.8 Å². The second-order valence-corrected chi connectivity index (χ2v) is 2.88. The van der Waals surface area contributed by atoms with Crippen LogP contribution in [0.15, 0.2) is 18.2 Å². The first-order chi connectivity index (χ1) is 4.97. The van der Waals surface area contributed by atoms with E-state index in [1.165, 1.54) is 36.8 Å². The topological polar surface area (TPSA) is 0 Å². The molecular formula is C10H11-. The normalized spacial score (nSPS) is 16.4. The predicted octanol–water partition coefficient (Wildman–Crippen LogP) is 2.37. The van der Waals surface area contributed by atoms with E-state index in [-0.39, 0.29) is 0 Å². The van der Waals surface area contributed by atoms with Crippen LogP contribution in [0.5, 0.6) is 0 Å². The summed E-state index contributed by atoms with van der Waals surface area (Å²) >= 11 is 0. The van der Waals surface area contributed by atoms with Gasteiger partial charge in [0.1, 0.15) is 0 Å². The van der Waals surface area contributed by atoms with Gasteiger partial charge in [-0.2, -0.15) is 35.4 Å². The molecule has 0 amide bonds. The van der Waals surface area contributed by atoms with Gasteiger partial charge in [-0.15, -0.1) is 0 Å². The SMILES string of the molecule is [c-]1cccc2c1CCCC2. The smallest absolute Gasteiger partial charge is 0.0507 e. The van der Waals surface area contributed by atoms with E-state index in [2.05, 4.69) is 18.2 Å². The van der Waals surface area contributed by atoms with Crippen molar-refractivity contribution in [2.24, 2.45) is 0 Å². The first-order valence-electron chi connectivity index (χ1n) is 3.95. The van der Waals surface area contributed by atoms with Gasteiger partial charge >= 0.3 is 0 Å². The summed E-state index contributed by atoms with van der Waals surface area (Å²) in [5.41, 5.74) is 2.97. The van der Waals surface area contributed by atoms with Crippen molar-refractivity contribution in [3.8, 4) is 0 Å². The van der Waals surface area contributed by atoms with Crippen LogP contribution in [0.4, 0.5) is 0 Å². The molecule has 0 radical (unpaired) electrons. The molecule has 0 spiro atoms. The quantitative estimate of drug-likeness (QED) is 0.474. The van der Waals surface area contributed by atoms with E-state index in [0.717, 1.165) is 0 Å². The van der Waals surface area contributed by atoms with Crippen molar-refractivity contribution in [2.75, 3.05) is 0 Å². The first kappa shape index (κ1) is 5.96. The van der Waals surface area contributed by atoms with Crippen LogP contribution in [-0.4, -0.2) is 0 Å². The van der Waals surface area contributed by atoms with E-state index < -0.39 is 0 Å². The van der Waals surface area contributed by atoms with Gasteiger partial charge < -0.3 is 0 Å². The van der Waals surface area contributed by atoms with Gasteiger partial charge in [-0.3, -0.25) is 0 Å². The lowest BCUT2D eigenvalue weighted by Crippen LogP contribution is -2.01. The Hall–Kier alpha value is -0.780. The molecule has 0 heterocycles. The van der Waals surface area contributed by atoms with Gasteiger partial charge in [0.05, 0.1) is 0 Å². The first-order valence-corrected chi connectivity index (χ1v) is 3.95. The van der Waals surface area contributed by atoms with Gasteiger partial charge in [-0.25, -0.2) is 0 Å². The monoisotopic (exact) mass is 131 g/mol. The highest BCUT2D eigenvalue weighted by Gasteiger charge is 1.99. The molecule has 0 nitrogen and oxygen atoms in total. The Balaban J connectivity index is 2.41. The van der Waals surface area contributed by atoms with Crippen LogP contribution in [0, 0.1) is 6.07 Å². The second-order valence-electron chi connectivity index (χ2n) is 2.88. The van der Waals surface area contributed by atoms with Crippen LogP contribution >= 0.6 is 0 Å². The molecular weight excluding hydrogens is 120 g/mol. The lowest BCUT2D eigenvalue weighted by Gasteiger charge is -2.20. The van der Waals surface area contributed by atoms with Crippen molar-refractivity contribution >= 4 is 0 Å². The van der Waals surface area contributed by atoms with Crippen molar-refractivity contribution in [1.29, 1.82) is 0 Å². The number of benzene rings is 1. The molecule has 2 rings (SSSR count). The van der Waals surface area contributed by atoms with E-state index in [0.29, 0.717) is 0 Å². The van der Waals surface area contributed by atoms with Crippen LogP contribution in [0.2, 0.25) is 0 Å². The summed E-state index contributed by atoms with van der Waals surface area (Å²) in [5, 5.41) is 0. The molecule has 0 saturated carbocycles. The van der Waals surface area contributed by atoms with Crippen LogP contribution in [0.1, 0.15) is 24.0 Å². The highest BCUT2D eigenvalue weighted by Crippen LogP contribution is 2.19. The third kappa shape index (κ3) is 0.942. The van der Waals surface area contributed by atoms with Gasteiger partial charge in [0.25, 0.3) is 0 Å². The summed E-state index contributed by atoms with van der Waals surface area (Å²) in [4.78, 5) is 0. The maximum atomic E-state index is 3.29. The van der Waals surface area contributed by atoms with Crippen molar-refractivity contribution < 1.29 is 0 Å². The van der Waals surface area contributed by atoms with E-state index >= 15 is 0 Å². The molecule has 10 heavy (non-hydrogen) atoms. The summed E-state index contributed by atoms with van der Waals surface area (Å²) in [6.45, 7) is 0. The van der Waals surface area contributed by atoms with Gasteiger partial charge in [0.2, 0.25) is 0 Å². The maximum absolute atomic E-state index is 3.29. The molecule has 1 aromatic rings. The summed E-state index contributed by atoms with van der Waals surface area (Å²) in [7, 11) is 0. The minimum Gasteiger partial charge on any atom is -0.180 e. The Morgan fingerprint density at radius 1 is 1.20 bits per heavy atom. The average Bonchev–Trinajstić information content (AvgIpc) is 2.05. The zero-order valence-electron chi connectivity index (χ0n) is 6.06. The summed E-state index contributed by atoms with van der Waals surface area (Å²) < 4.78 is 0. The Morgan fingerprint density at radius 2 is 2.10 bits per heavy atom. The Morgan fingerprint density at radius 3 is 3.00 bits per heavy atom. The van der Waals surface area contributed by atoms with Crippen LogP contribution in [0.3, 0.4) is 0 Å². The number of aryl methyl sites for hydroxylation is 2. The molecule has 0 heteroatoms. The Labute approximate surface area is 61.9 Å². The lowest BCUT2D eigenvalue weighted by atomic mass is 9.92. The van der Waals surface area contributed by atoms with Gasteiger partial charge in [-0.05, 0) is 0 Å². The fraction of sp³-hybridized carbons (Fsp3) is 0.400. The average molecular weight is 131 g/mol. The molecule has 0 fully saturated rings. The van der Waals surface area contributed by atoms with Crippen molar-refractivity contribution in [3.63, 3.8) is 0 Å². The van der Waals surface area contributed by atoms with Crippen LogP contribution < -0.4 is 0 Å². The summed E-state index contributed by atoms with van der Waals surface area (Å²) in [6.07, 6.45) is 5.24. The molecule has 0 aliphatic heterocycles. The lowest BCUT2D eigenvalue weighted by molar-refractivity contribution is 0.685. The molecule has 0 N–H and O–H groups in total. The van der Waals surface area contributed by atoms with E-state index in [9.17, 15) is 0 Å². The summed E-state index contributed by atoms with van der Waals surface area (Å²) in [6, 6.07) is 9.62. The van der Waals surface area contributed by atoms with Gasteiger partial charge in [-0.1, -0.05) is 25.7 Å². The highest BCUT2D eigenvalue weighted by molar-refractivity contribution is 5.27. The molecule has 0 atom stereocenters. The second kappa shape index (κ2) is 2.45.